The number of benzene rings is 2. The Labute approximate surface area is 175 Å². The number of hydrogen-bond donors (Lipinski definition) is 0. The maximum absolute atomic E-state index is 13.2. The Hall–Kier alpha value is -2.38. The van der Waals surface area contributed by atoms with Crippen LogP contribution >= 0.6 is 11.8 Å². The number of thioether (sulfide) groups is 1. The monoisotopic (exact) mass is 411 g/mol. The zero-order valence-electron chi connectivity index (χ0n) is 16.7. The van der Waals surface area contributed by atoms with E-state index in [9.17, 15) is 4.39 Å². The van der Waals surface area contributed by atoms with Crippen LogP contribution in [0.3, 0.4) is 0 Å². The van der Waals surface area contributed by atoms with Crippen molar-refractivity contribution in [2.45, 2.75) is 18.0 Å². The Morgan fingerprint density at radius 1 is 1.00 bits per heavy atom. The van der Waals surface area contributed by atoms with Gasteiger partial charge in [-0.2, -0.15) is 0 Å². The lowest BCUT2D eigenvalue weighted by Crippen LogP contribution is -2.45. The van der Waals surface area contributed by atoms with E-state index in [1.807, 2.05) is 37.4 Å². The van der Waals surface area contributed by atoms with E-state index < -0.39 is 0 Å². The van der Waals surface area contributed by atoms with Gasteiger partial charge >= 0.3 is 0 Å². The second kappa shape index (κ2) is 9.41. The molecule has 1 saturated heterocycles. The van der Waals surface area contributed by atoms with Crippen molar-refractivity contribution in [2.75, 3.05) is 37.0 Å². The average Bonchev–Trinajstić information content (AvgIpc) is 3.13. The maximum atomic E-state index is 13.2. The van der Waals surface area contributed by atoms with Gasteiger partial charge in [-0.25, -0.2) is 4.39 Å². The molecule has 1 aliphatic heterocycles. The van der Waals surface area contributed by atoms with E-state index in [1.54, 1.807) is 11.8 Å². The van der Waals surface area contributed by atoms with Gasteiger partial charge in [0.05, 0.1) is 6.67 Å². The largest absolute Gasteiger partial charge is 0.358 e. The van der Waals surface area contributed by atoms with Crippen molar-refractivity contribution in [1.82, 2.24) is 19.7 Å². The summed E-state index contributed by atoms with van der Waals surface area (Å²) in [6.07, 6.45) is 2.23. The lowest BCUT2D eigenvalue weighted by Gasteiger charge is -2.37. The molecular weight excluding hydrogens is 385 g/mol. The molecule has 0 saturated carbocycles. The van der Waals surface area contributed by atoms with Crippen LogP contribution in [0.25, 0.3) is 11.4 Å². The highest BCUT2D eigenvalue weighted by molar-refractivity contribution is 7.99. The smallest absolute Gasteiger partial charge is 0.191 e. The van der Waals surface area contributed by atoms with Crippen molar-refractivity contribution in [3.8, 4) is 11.4 Å². The Balaban J connectivity index is 1.25. The van der Waals surface area contributed by atoms with Gasteiger partial charge in [0, 0.05) is 43.7 Å². The molecule has 0 N–H and O–H groups in total. The van der Waals surface area contributed by atoms with Crippen LogP contribution in [0.15, 0.2) is 59.8 Å². The van der Waals surface area contributed by atoms with Crippen LogP contribution in [0.5, 0.6) is 0 Å². The molecule has 0 unspecified atom stereocenters. The summed E-state index contributed by atoms with van der Waals surface area (Å²) in [6.45, 7) is 4.09. The summed E-state index contributed by atoms with van der Waals surface area (Å²) in [5, 5.41) is 9.67. The molecule has 3 aromatic rings. The average molecular weight is 412 g/mol. The molecule has 0 spiro atoms. The van der Waals surface area contributed by atoms with Gasteiger partial charge in [0.25, 0.3) is 0 Å². The van der Waals surface area contributed by atoms with Gasteiger partial charge in [-0.05, 0) is 37.1 Å². The number of hydrogen-bond acceptors (Lipinski definition) is 5. The number of halogens is 1. The summed E-state index contributed by atoms with van der Waals surface area (Å²) in [5.41, 5.74) is 2.18. The molecule has 152 valence electrons. The standard InChI is InChI=1S/C22H26FN5S/c1-26-21(18-7-3-2-4-8-18)24-25-22(26)29-16-6-14-27-13-5-15-28(17-27)20-11-9-19(23)10-12-20/h2-4,7-12H,5-6,13-17H2,1H3. The molecule has 4 rings (SSSR count). The minimum absolute atomic E-state index is 0.182. The van der Waals surface area contributed by atoms with Gasteiger partial charge in [0.2, 0.25) is 0 Å². The van der Waals surface area contributed by atoms with Crippen molar-refractivity contribution in [3.63, 3.8) is 0 Å². The van der Waals surface area contributed by atoms with Gasteiger partial charge in [0.1, 0.15) is 5.82 Å². The summed E-state index contributed by atoms with van der Waals surface area (Å²) >= 11 is 1.76. The second-order valence-corrected chi connectivity index (χ2v) is 8.35. The third kappa shape index (κ3) is 4.97. The molecule has 7 heteroatoms. The molecule has 1 aromatic heterocycles. The molecule has 1 aliphatic rings. The van der Waals surface area contributed by atoms with E-state index in [2.05, 4.69) is 36.7 Å². The zero-order chi connectivity index (χ0) is 20.1. The summed E-state index contributed by atoms with van der Waals surface area (Å²) in [5.74, 6) is 1.73. The maximum Gasteiger partial charge on any atom is 0.191 e. The molecule has 0 atom stereocenters. The predicted molar refractivity (Wildman–Crippen MR) is 117 cm³/mol. The molecule has 0 bridgehead atoms. The Morgan fingerprint density at radius 2 is 1.79 bits per heavy atom. The van der Waals surface area contributed by atoms with Crippen LogP contribution < -0.4 is 4.90 Å². The second-order valence-electron chi connectivity index (χ2n) is 7.29. The molecular formula is C22H26FN5S. The fourth-order valence-corrected chi connectivity index (χ4v) is 4.48. The van der Waals surface area contributed by atoms with E-state index in [0.717, 1.165) is 67.1 Å². The molecule has 0 radical (unpaired) electrons. The van der Waals surface area contributed by atoms with E-state index in [1.165, 1.54) is 12.1 Å². The van der Waals surface area contributed by atoms with Crippen LogP contribution in [-0.2, 0) is 7.05 Å². The molecule has 1 fully saturated rings. The van der Waals surface area contributed by atoms with Gasteiger partial charge in [-0.3, -0.25) is 4.90 Å². The molecule has 2 aromatic carbocycles. The molecule has 29 heavy (non-hydrogen) atoms. The van der Waals surface area contributed by atoms with Crippen LogP contribution in [0.4, 0.5) is 10.1 Å². The first-order valence-corrected chi connectivity index (χ1v) is 11.0. The summed E-state index contributed by atoms with van der Waals surface area (Å²) in [7, 11) is 2.02. The fraction of sp³-hybridized carbons (Fsp3) is 0.364. The number of aromatic nitrogens is 3. The molecule has 5 nitrogen and oxygen atoms in total. The summed E-state index contributed by atoms with van der Waals surface area (Å²) in [4.78, 5) is 4.80. The van der Waals surface area contributed by atoms with E-state index in [4.69, 9.17) is 0 Å². The summed E-state index contributed by atoms with van der Waals surface area (Å²) in [6, 6.07) is 17.0. The van der Waals surface area contributed by atoms with Crippen molar-refractivity contribution in [3.05, 3.63) is 60.4 Å². The molecule has 0 aliphatic carbocycles. The molecule has 0 amide bonds. The van der Waals surface area contributed by atoms with E-state index >= 15 is 0 Å². The summed E-state index contributed by atoms with van der Waals surface area (Å²) < 4.78 is 15.2. The highest BCUT2D eigenvalue weighted by Crippen LogP contribution is 2.23. The van der Waals surface area contributed by atoms with E-state index in [-0.39, 0.29) is 5.82 Å². The third-order valence-electron chi connectivity index (χ3n) is 5.18. The minimum Gasteiger partial charge on any atom is -0.358 e. The van der Waals surface area contributed by atoms with Gasteiger partial charge in [0.15, 0.2) is 11.0 Å². The van der Waals surface area contributed by atoms with Crippen LogP contribution in [-0.4, -0.2) is 51.7 Å². The first-order chi connectivity index (χ1) is 14.2. The van der Waals surface area contributed by atoms with Crippen molar-refractivity contribution >= 4 is 17.4 Å². The van der Waals surface area contributed by atoms with Crippen molar-refractivity contribution in [1.29, 1.82) is 0 Å². The lowest BCUT2D eigenvalue weighted by atomic mass is 10.2. The van der Waals surface area contributed by atoms with Crippen LogP contribution in [0.1, 0.15) is 12.8 Å². The van der Waals surface area contributed by atoms with Gasteiger partial charge in [-0.1, -0.05) is 42.1 Å². The fourth-order valence-electron chi connectivity index (χ4n) is 3.64. The number of rotatable bonds is 7. The van der Waals surface area contributed by atoms with Gasteiger partial charge < -0.3 is 9.47 Å². The SMILES string of the molecule is Cn1c(SCCCN2CCCN(c3ccc(F)cc3)C2)nnc1-c1ccccc1. The minimum atomic E-state index is -0.182. The van der Waals surface area contributed by atoms with Crippen LogP contribution in [0.2, 0.25) is 0 Å². The highest BCUT2D eigenvalue weighted by Gasteiger charge is 2.18. The van der Waals surface area contributed by atoms with E-state index in [0.29, 0.717) is 0 Å². The first kappa shape index (κ1) is 19.9. The lowest BCUT2D eigenvalue weighted by molar-refractivity contribution is 0.242. The van der Waals surface area contributed by atoms with Gasteiger partial charge in [-0.15, -0.1) is 10.2 Å². The topological polar surface area (TPSA) is 37.2 Å². The highest BCUT2D eigenvalue weighted by atomic mass is 32.2. The van der Waals surface area contributed by atoms with Crippen molar-refractivity contribution in [2.24, 2.45) is 7.05 Å². The Morgan fingerprint density at radius 3 is 2.59 bits per heavy atom. The number of nitrogens with zero attached hydrogens (tertiary/aromatic N) is 5. The normalized spacial score (nSPS) is 15.0. The third-order valence-corrected chi connectivity index (χ3v) is 6.29. The quantitative estimate of drug-likeness (QED) is 0.429. The first-order valence-electron chi connectivity index (χ1n) is 10.0. The van der Waals surface area contributed by atoms with Crippen molar-refractivity contribution < 1.29 is 4.39 Å². The Bertz CT molecular complexity index is 913. The van der Waals surface area contributed by atoms with Crippen LogP contribution in [0, 0.1) is 5.82 Å². The molecule has 2 heterocycles. The zero-order valence-corrected chi connectivity index (χ0v) is 17.5. The predicted octanol–water partition coefficient (Wildman–Crippen LogP) is 4.27. The Kier molecular flexibility index (Phi) is 6.46. The number of anilines is 1.